The van der Waals surface area contributed by atoms with Crippen LogP contribution in [0.1, 0.15) is 19.8 Å². The third kappa shape index (κ3) is 4.34. The molecule has 2 rings (SSSR count). The Morgan fingerprint density at radius 3 is 2.29 bits per heavy atom. The van der Waals surface area contributed by atoms with Gasteiger partial charge in [0.2, 0.25) is 20.0 Å². The summed E-state index contributed by atoms with van der Waals surface area (Å²) in [4.78, 5) is -0.0774. The van der Waals surface area contributed by atoms with E-state index >= 15 is 0 Å². The molecule has 0 bridgehead atoms. The highest BCUT2D eigenvalue weighted by atomic mass is 32.2. The molecule has 0 atom stereocenters. The maximum absolute atomic E-state index is 12.5. The van der Waals surface area contributed by atoms with Crippen LogP contribution in [0.15, 0.2) is 34.1 Å². The van der Waals surface area contributed by atoms with Gasteiger partial charge in [-0.3, -0.25) is 0 Å². The Labute approximate surface area is 144 Å². The first-order valence-corrected chi connectivity index (χ1v) is 10.7. The Morgan fingerprint density at radius 2 is 1.71 bits per heavy atom. The van der Waals surface area contributed by atoms with Crippen molar-refractivity contribution in [3.8, 4) is 0 Å². The second kappa shape index (κ2) is 7.09. The minimum Gasteiger partial charge on any atom is -0.317 e. The number of rotatable bonds is 6. The van der Waals surface area contributed by atoms with Gasteiger partial charge in [0.05, 0.1) is 9.79 Å². The van der Waals surface area contributed by atoms with Gasteiger partial charge in [-0.25, -0.2) is 25.9 Å². The molecule has 0 amide bonds. The fourth-order valence-electron chi connectivity index (χ4n) is 2.57. The van der Waals surface area contributed by atoms with Gasteiger partial charge < -0.3 is 5.32 Å². The predicted molar refractivity (Wildman–Crippen MR) is 92.7 cm³/mol. The van der Waals surface area contributed by atoms with E-state index in [1.54, 1.807) is 0 Å². The topological polar surface area (TPSA) is 95.6 Å². The molecule has 1 heterocycles. The van der Waals surface area contributed by atoms with E-state index in [0.717, 1.165) is 30.2 Å². The summed E-state index contributed by atoms with van der Waals surface area (Å²) in [6.07, 6.45) is 1.79. The van der Waals surface area contributed by atoms with Gasteiger partial charge in [0.25, 0.3) is 0 Å². The molecule has 2 N–H and O–H groups in total. The molecule has 0 radical (unpaired) electrons. The Hall–Kier alpha value is -1.00. The Morgan fingerprint density at radius 1 is 1.12 bits per heavy atom. The van der Waals surface area contributed by atoms with Crippen LogP contribution < -0.4 is 10.0 Å². The van der Waals surface area contributed by atoms with Crippen LogP contribution in [0.25, 0.3) is 0 Å². The summed E-state index contributed by atoms with van der Waals surface area (Å²) in [5.41, 5.74) is -0.0916. The van der Waals surface area contributed by atoms with E-state index in [1.807, 2.05) is 0 Å². The van der Waals surface area contributed by atoms with Crippen molar-refractivity contribution in [2.24, 2.45) is 5.41 Å². The quantitative estimate of drug-likeness (QED) is 0.759. The zero-order valence-corrected chi connectivity index (χ0v) is 15.9. The number of hydrogen-bond donors (Lipinski definition) is 2. The lowest BCUT2D eigenvalue weighted by Crippen LogP contribution is -2.42. The van der Waals surface area contributed by atoms with Crippen molar-refractivity contribution in [3.63, 3.8) is 0 Å². The van der Waals surface area contributed by atoms with Gasteiger partial charge in [-0.05, 0) is 49.5 Å². The summed E-state index contributed by atoms with van der Waals surface area (Å²) in [5, 5.41) is 3.25. The van der Waals surface area contributed by atoms with E-state index in [4.69, 9.17) is 0 Å². The smallest absolute Gasteiger partial charge is 0.242 e. The molecule has 0 aliphatic carbocycles. The van der Waals surface area contributed by atoms with Crippen molar-refractivity contribution in [2.45, 2.75) is 29.6 Å². The van der Waals surface area contributed by atoms with Gasteiger partial charge in [-0.2, -0.15) is 0 Å². The van der Waals surface area contributed by atoms with Crippen LogP contribution >= 0.6 is 0 Å². The maximum Gasteiger partial charge on any atom is 0.242 e. The molecular weight excluding hydrogens is 350 g/mol. The first kappa shape index (κ1) is 19.3. The van der Waals surface area contributed by atoms with Crippen molar-refractivity contribution >= 4 is 20.0 Å². The van der Waals surface area contributed by atoms with Gasteiger partial charge in [-0.15, -0.1) is 0 Å². The third-order valence-corrected chi connectivity index (χ3v) is 7.60. The average molecular weight is 376 g/mol. The monoisotopic (exact) mass is 375 g/mol. The first-order valence-electron chi connectivity index (χ1n) is 7.80. The minimum absolute atomic E-state index is 0.0385. The second-order valence-electron chi connectivity index (χ2n) is 6.65. The maximum atomic E-state index is 12.5. The molecule has 0 aromatic heterocycles. The lowest BCUT2D eigenvalue weighted by Gasteiger charge is -2.34. The minimum atomic E-state index is -3.76. The lowest BCUT2D eigenvalue weighted by atomic mass is 9.81. The van der Waals surface area contributed by atoms with E-state index < -0.39 is 20.0 Å². The molecule has 1 aromatic carbocycles. The Bertz CT molecular complexity index is 783. The normalized spacial score (nSPS) is 18.7. The van der Waals surface area contributed by atoms with Gasteiger partial charge in [0, 0.05) is 20.6 Å². The van der Waals surface area contributed by atoms with Crippen molar-refractivity contribution in [3.05, 3.63) is 24.3 Å². The Balaban J connectivity index is 2.21. The third-order valence-electron chi connectivity index (χ3n) is 4.39. The molecule has 1 aliphatic heterocycles. The molecule has 1 aromatic rings. The van der Waals surface area contributed by atoms with Crippen LogP contribution in [0, 0.1) is 5.41 Å². The highest BCUT2D eigenvalue weighted by Crippen LogP contribution is 2.27. The summed E-state index contributed by atoms with van der Waals surface area (Å²) in [5.74, 6) is 0. The van der Waals surface area contributed by atoms with E-state index in [1.165, 1.54) is 38.4 Å². The van der Waals surface area contributed by atoms with Crippen molar-refractivity contribution in [1.29, 1.82) is 0 Å². The van der Waals surface area contributed by atoms with E-state index in [9.17, 15) is 16.8 Å². The second-order valence-corrected chi connectivity index (χ2v) is 10.6. The van der Waals surface area contributed by atoms with Crippen LogP contribution in [0.5, 0.6) is 0 Å². The molecule has 0 saturated carbocycles. The largest absolute Gasteiger partial charge is 0.317 e. The predicted octanol–water partition coefficient (Wildman–Crippen LogP) is 0.605. The highest BCUT2D eigenvalue weighted by Gasteiger charge is 2.29. The van der Waals surface area contributed by atoms with Crippen molar-refractivity contribution < 1.29 is 16.8 Å². The summed E-state index contributed by atoms with van der Waals surface area (Å²) < 4.78 is 53.1. The highest BCUT2D eigenvalue weighted by molar-refractivity contribution is 7.90. The zero-order chi connectivity index (χ0) is 18.0. The molecule has 0 unspecified atom stereocenters. The number of sulfonamides is 2. The SMILES string of the molecule is CN(C)S(=O)(=O)c1cccc(S(=O)(=O)NCC2(C)CCNCC2)c1. The van der Waals surface area contributed by atoms with Gasteiger partial charge in [0.15, 0.2) is 0 Å². The van der Waals surface area contributed by atoms with Crippen LogP contribution in [-0.4, -0.2) is 54.9 Å². The van der Waals surface area contributed by atoms with Crippen LogP contribution in [0.2, 0.25) is 0 Å². The molecule has 1 saturated heterocycles. The van der Waals surface area contributed by atoms with Crippen LogP contribution in [-0.2, 0) is 20.0 Å². The fourth-order valence-corrected chi connectivity index (χ4v) is 4.84. The van der Waals surface area contributed by atoms with Gasteiger partial charge in [0.1, 0.15) is 0 Å². The van der Waals surface area contributed by atoms with Crippen LogP contribution in [0.4, 0.5) is 0 Å². The van der Waals surface area contributed by atoms with Gasteiger partial charge >= 0.3 is 0 Å². The van der Waals surface area contributed by atoms with E-state index in [0.29, 0.717) is 6.54 Å². The fraction of sp³-hybridized carbons (Fsp3) is 0.600. The first-order chi connectivity index (χ1) is 11.1. The summed E-state index contributed by atoms with van der Waals surface area (Å²) in [7, 11) is -4.62. The van der Waals surface area contributed by atoms with Crippen molar-refractivity contribution in [2.75, 3.05) is 33.7 Å². The standard InChI is InChI=1S/C15H25N3O4S2/c1-15(7-9-16-10-8-15)12-17-23(19,20)13-5-4-6-14(11-13)24(21,22)18(2)3/h4-6,11,16-17H,7-10,12H2,1-3H3. The molecule has 0 spiro atoms. The Kier molecular flexibility index (Phi) is 5.71. The number of piperidine rings is 1. The molecule has 7 nitrogen and oxygen atoms in total. The summed E-state index contributed by atoms with van der Waals surface area (Å²) in [6.45, 7) is 4.13. The van der Waals surface area contributed by atoms with Crippen LogP contribution in [0.3, 0.4) is 0 Å². The van der Waals surface area contributed by atoms with Gasteiger partial charge in [-0.1, -0.05) is 13.0 Å². The summed E-state index contributed by atoms with van der Waals surface area (Å²) in [6, 6.07) is 5.43. The molecular formula is C15H25N3O4S2. The molecule has 9 heteroatoms. The number of benzene rings is 1. The molecule has 24 heavy (non-hydrogen) atoms. The van der Waals surface area contributed by atoms with E-state index in [-0.39, 0.29) is 15.2 Å². The average Bonchev–Trinajstić information content (AvgIpc) is 2.54. The number of nitrogens with zero attached hydrogens (tertiary/aromatic N) is 1. The number of hydrogen-bond acceptors (Lipinski definition) is 5. The lowest BCUT2D eigenvalue weighted by molar-refractivity contribution is 0.232. The molecule has 136 valence electrons. The van der Waals surface area contributed by atoms with Crippen molar-refractivity contribution in [1.82, 2.24) is 14.3 Å². The zero-order valence-electron chi connectivity index (χ0n) is 14.2. The summed E-state index contributed by atoms with van der Waals surface area (Å²) >= 11 is 0. The van der Waals surface area contributed by atoms with E-state index in [2.05, 4.69) is 17.0 Å². The molecule has 1 fully saturated rings. The number of nitrogens with one attached hydrogen (secondary N) is 2. The molecule has 1 aliphatic rings.